The zero-order valence-corrected chi connectivity index (χ0v) is 9.46. The maximum atomic E-state index is 11.5. The number of H-pyrrole nitrogens is 1. The molecule has 0 radical (unpaired) electrons. The molecule has 0 saturated heterocycles. The largest absolute Gasteiger partial charge is 0.493 e. The first-order valence-corrected chi connectivity index (χ1v) is 4.85. The van der Waals surface area contributed by atoms with E-state index in [4.69, 9.17) is 21.1 Å². The van der Waals surface area contributed by atoms with Gasteiger partial charge in [-0.15, -0.1) is 0 Å². The Kier molecular flexibility index (Phi) is 2.70. The lowest BCUT2D eigenvalue weighted by Gasteiger charge is -2.08. The van der Waals surface area contributed by atoms with Crippen molar-refractivity contribution in [1.82, 2.24) is 10.2 Å². The van der Waals surface area contributed by atoms with Crippen LogP contribution in [0.3, 0.4) is 0 Å². The molecule has 0 aliphatic rings. The van der Waals surface area contributed by atoms with Crippen LogP contribution in [-0.2, 0) is 0 Å². The molecular weight excluding hydrogens is 232 g/mol. The van der Waals surface area contributed by atoms with E-state index in [2.05, 4.69) is 10.2 Å². The van der Waals surface area contributed by atoms with Crippen LogP contribution >= 0.6 is 11.6 Å². The van der Waals surface area contributed by atoms with Crippen molar-refractivity contribution in [2.75, 3.05) is 14.2 Å². The minimum atomic E-state index is -0.319. The number of aromatic amines is 1. The Balaban J connectivity index is 2.88. The van der Waals surface area contributed by atoms with Gasteiger partial charge in [-0.25, -0.2) is 5.10 Å². The van der Waals surface area contributed by atoms with Crippen LogP contribution in [0.5, 0.6) is 11.5 Å². The Labute approximate surface area is 95.9 Å². The van der Waals surface area contributed by atoms with Crippen LogP contribution in [0.4, 0.5) is 0 Å². The number of aromatic nitrogens is 2. The zero-order chi connectivity index (χ0) is 11.7. The molecule has 6 heteroatoms. The molecule has 1 heterocycles. The van der Waals surface area contributed by atoms with Crippen LogP contribution in [0, 0.1) is 0 Å². The maximum Gasteiger partial charge on any atom is 0.272 e. The molecule has 5 nitrogen and oxygen atoms in total. The van der Waals surface area contributed by atoms with Gasteiger partial charge in [-0.05, 0) is 12.1 Å². The van der Waals surface area contributed by atoms with E-state index in [-0.39, 0.29) is 10.7 Å². The predicted octanol–water partition coefficient (Wildman–Crippen LogP) is 1.59. The Morgan fingerprint density at radius 3 is 2.31 bits per heavy atom. The number of ether oxygens (including phenoxy) is 2. The van der Waals surface area contributed by atoms with Crippen LogP contribution in [0.25, 0.3) is 10.8 Å². The summed E-state index contributed by atoms with van der Waals surface area (Å²) in [6.45, 7) is 0. The lowest BCUT2D eigenvalue weighted by atomic mass is 10.2. The maximum absolute atomic E-state index is 11.5. The second-order valence-electron chi connectivity index (χ2n) is 3.10. The van der Waals surface area contributed by atoms with E-state index in [9.17, 15) is 4.79 Å². The summed E-state index contributed by atoms with van der Waals surface area (Å²) < 4.78 is 10.2. The molecule has 1 aromatic heterocycles. The third-order valence-corrected chi connectivity index (χ3v) is 2.53. The molecule has 84 valence electrons. The second-order valence-corrected chi connectivity index (χ2v) is 3.45. The minimum absolute atomic E-state index is 0.218. The van der Waals surface area contributed by atoms with Gasteiger partial charge in [0.1, 0.15) is 0 Å². The summed E-state index contributed by atoms with van der Waals surface area (Å²) in [5.74, 6) is 0.979. The van der Waals surface area contributed by atoms with Crippen LogP contribution in [0.2, 0.25) is 5.15 Å². The summed E-state index contributed by atoms with van der Waals surface area (Å²) in [7, 11) is 3.01. The predicted molar refractivity (Wildman–Crippen MR) is 60.5 cm³/mol. The first kappa shape index (κ1) is 10.8. The first-order chi connectivity index (χ1) is 7.67. The number of methoxy groups -OCH3 is 2. The van der Waals surface area contributed by atoms with E-state index in [0.29, 0.717) is 22.3 Å². The van der Waals surface area contributed by atoms with Crippen LogP contribution in [-0.4, -0.2) is 24.4 Å². The van der Waals surface area contributed by atoms with Crippen molar-refractivity contribution in [2.24, 2.45) is 0 Å². The van der Waals surface area contributed by atoms with Crippen molar-refractivity contribution in [3.8, 4) is 11.5 Å². The first-order valence-electron chi connectivity index (χ1n) is 4.47. The molecule has 1 N–H and O–H groups in total. The fourth-order valence-corrected chi connectivity index (χ4v) is 1.66. The lowest BCUT2D eigenvalue weighted by Crippen LogP contribution is -2.08. The van der Waals surface area contributed by atoms with E-state index in [1.165, 1.54) is 14.2 Å². The van der Waals surface area contributed by atoms with Gasteiger partial charge in [0.2, 0.25) is 0 Å². The van der Waals surface area contributed by atoms with Crippen molar-refractivity contribution in [2.45, 2.75) is 0 Å². The third-order valence-electron chi connectivity index (χ3n) is 2.25. The average molecular weight is 241 g/mol. The number of halogens is 1. The molecule has 0 fully saturated rings. The van der Waals surface area contributed by atoms with Crippen molar-refractivity contribution in [3.63, 3.8) is 0 Å². The molecular formula is C10H9ClN2O3. The van der Waals surface area contributed by atoms with Gasteiger partial charge in [0.15, 0.2) is 16.7 Å². The number of hydrogen-bond donors (Lipinski definition) is 1. The molecule has 1 aromatic carbocycles. The minimum Gasteiger partial charge on any atom is -0.493 e. The van der Waals surface area contributed by atoms with E-state index in [0.717, 1.165) is 0 Å². The molecule has 0 atom stereocenters. The highest BCUT2D eigenvalue weighted by Gasteiger charge is 2.11. The van der Waals surface area contributed by atoms with Crippen LogP contribution in [0.1, 0.15) is 0 Å². The number of fused-ring (bicyclic) bond motifs is 1. The highest BCUT2D eigenvalue weighted by Crippen LogP contribution is 2.32. The van der Waals surface area contributed by atoms with Crippen LogP contribution < -0.4 is 15.0 Å². The smallest absolute Gasteiger partial charge is 0.272 e. The second kappa shape index (κ2) is 4.02. The topological polar surface area (TPSA) is 64.2 Å². The highest BCUT2D eigenvalue weighted by molar-refractivity contribution is 6.34. The molecule has 2 aromatic rings. The van der Waals surface area contributed by atoms with Crippen LogP contribution in [0.15, 0.2) is 16.9 Å². The average Bonchev–Trinajstić information content (AvgIpc) is 2.32. The molecule has 0 amide bonds. The normalized spacial score (nSPS) is 10.4. The van der Waals surface area contributed by atoms with Crippen molar-refractivity contribution in [1.29, 1.82) is 0 Å². The summed E-state index contributed by atoms with van der Waals surface area (Å²) in [5, 5.41) is 7.13. The van der Waals surface area contributed by atoms with E-state index < -0.39 is 0 Å². The molecule has 16 heavy (non-hydrogen) atoms. The van der Waals surface area contributed by atoms with Crippen molar-refractivity contribution < 1.29 is 9.47 Å². The van der Waals surface area contributed by atoms with Gasteiger partial charge in [0.05, 0.1) is 19.6 Å². The molecule has 0 bridgehead atoms. The Morgan fingerprint density at radius 1 is 1.19 bits per heavy atom. The lowest BCUT2D eigenvalue weighted by molar-refractivity contribution is 0.356. The van der Waals surface area contributed by atoms with Crippen molar-refractivity contribution >= 4 is 22.4 Å². The molecule has 2 rings (SSSR count). The molecule has 0 aliphatic carbocycles. The molecule has 0 spiro atoms. The van der Waals surface area contributed by atoms with E-state index >= 15 is 0 Å². The van der Waals surface area contributed by atoms with Gasteiger partial charge >= 0.3 is 0 Å². The SMILES string of the molecule is COc1cc2c(Cl)n[nH]c(=O)c2cc1OC. The third kappa shape index (κ3) is 1.59. The number of hydrogen-bond acceptors (Lipinski definition) is 4. The van der Waals surface area contributed by atoms with E-state index in [1.54, 1.807) is 12.1 Å². The zero-order valence-electron chi connectivity index (χ0n) is 8.70. The summed E-state index contributed by atoms with van der Waals surface area (Å²) in [5.41, 5.74) is -0.319. The number of nitrogens with zero attached hydrogens (tertiary/aromatic N) is 1. The quantitative estimate of drug-likeness (QED) is 0.866. The summed E-state index contributed by atoms with van der Waals surface area (Å²) >= 11 is 5.88. The molecule has 0 aliphatic heterocycles. The summed E-state index contributed by atoms with van der Waals surface area (Å²) in [6, 6.07) is 3.19. The van der Waals surface area contributed by atoms with Gasteiger partial charge in [0, 0.05) is 5.39 Å². The van der Waals surface area contributed by atoms with Gasteiger partial charge < -0.3 is 9.47 Å². The Hall–Kier alpha value is -1.75. The van der Waals surface area contributed by atoms with E-state index in [1.807, 2.05) is 0 Å². The van der Waals surface area contributed by atoms with Crippen molar-refractivity contribution in [3.05, 3.63) is 27.6 Å². The standard InChI is InChI=1S/C10H9ClN2O3/c1-15-7-3-5-6(4-8(7)16-2)10(14)13-12-9(5)11/h3-4H,1-2H3,(H,13,14). The van der Waals surface area contributed by atoms with Gasteiger partial charge in [-0.3, -0.25) is 4.79 Å². The number of benzene rings is 1. The fraction of sp³-hybridized carbons (Fsp3) is 0.200. The monoisotopic (exact) mass is 240 g/mol. The Bertz CT molecular complexity index is 594. The molecule has 0 saturated carbocycles. The summed E-state index contributed by atoms with van der Waals surface area (Å²) in [6.07, 6.45) is 0. The van der Waals surface area contributed by atoms with Gasteiger partial charge in [-0.2, -0.15) is 5.10 Å². The molecule has 0 unspecified atom stereocenters. The number of nitrogens with one attached hydrogen (secondary N) is 1. The number of rotatable bonds is 2. The fourth-order valence-electron chi connectivity index (χ4n) is 1.46. The van der Waals surface area contributed by atoms with Gasteiger partial charge in [-0.1, -0.05) is 11.6 Å². The Morgan fingerprint density at radius 2 is 1.75 bits per heavy atom. The summed E-state index contributed by atoms with van der Waals surface area (Å²) in [4.78, 5) is 11.5. The van der Waals surface area contributed by atoms with Gasteiger partial charge in [0.25, 0.3) is 5.56 Å². The highest BCUT2D eigenvalue weighted by atomic mass is 35.5.